The summed E-state index contributed by atoms with van der Waals surface area (Å²) in [7, 11) is 0. The van der Waals surface area contributed by atoms with Crippen molar-refractivity contribution in [2.75, 3.05) is 11.9 Å². The Balaban J connectivity index is 1.20. The van der Waals surface area contributed by atoms with Crippen molar-refractivity contribution in [3.8, 4) is 17.2 Å². The summed E-state index contributed by atoms with van der Waals surface area (Å²) < 4.78 is 11.6. The average molecular weight is 455 g/mol. The fourth-order valence-electron chi connectivity index (χ4n) is 4.62. The molecule has 1 N–H and O–H groups in total. The second-order valence-electron chi connectivity index (χ2n) is 9.24. The zero-order chi connectivity index (χ0) is 23.5. The van der Waals surface area contributed by atoms with Gasteiger partial charge in [-0.1, -0.05) is 37.5 Å². The Labute approximate surface area is 200 Å². The molecule has 1 aliphatic carbocycles. The lowest BCUT2D eigenvalue weighted by Gasteiger charge is -2.22. The number of fused-ring (bicyclic) bond motifs is 1. The van der Waals surface area contributed by atoms with Crippen LogP contribution in [-0.4, -0.2) is 17.5 Å². The van der Waals surface area contributed by atoms with Crippen LogP contribution >= 0.6 is 0 Å². The lowest BCUT2D eigenvalue weighted by Crippen LogP contribution is -2.20. The van der Waals surface area contributed by atoms with Gasteiger partial charge in [0, 0.05) is 11.3 Å². The fourth-order valence-corrected chi connectivity index (χ4v) is 4.62. The predicted molar refractivity (Wildman–Crippen MR) is 135 cm³/mol. The second-order valence-corrected chi connectivity index (χ2v) is 9.24. The van der Waals surface area contributed by atoms with Crippen molar-refractivity contribution < 1.29 is 13.9 Å². The molecular weight excluding hydrogens is 424 g/mol. The van der Waals surface area contributed by atoms with Crippen LogP contribution in [0.2, 0.25) is 0 Å². The first-order valence-corrected chi connectivity index (χ1v) is 12.1. The molecule has 4 aromatic rings. The largest absolute Gasteiger partial charge is 0.484 e. The highest BCUT2D eigenvalue weighted by atomic mass is 16.5. The van der Waals surface area contributed by atoms with Gasteiger partial charge in [0.2, 0.25) is 5.89 Å². The van der Waals surface area contributed by atoms with E-state index in [4.69, 9.17) is 9.15 Å². The van der Waals surface area contributed by atoms with E-state index in [0.29, 0.717) is 34.3 Å². The first-order chi connectivity index (χ1) is 16.5. The van der Waals surface area contributed by atoms with Gasteiger partial charge in [-0.25, -0.2) is 4.98 Å². The molecule has 0 unspecified atom stereocenters. The molecule has 1 fully saturated rings. The second kappa shape index (κ2) is 9.72. The summed E-state index contributed by atoms with van der Waals surface area (Å²) in [5, 5.41) is 2.89. The Bertz CT molecular complexity index is 1300. The van der Waals surface area contributed by atoms with Crippen molar-refractivity contribution in [1.29, 1.82) is 0 Å². The van der Waals surface area contributed by atoms with E-state index in [0.717, 1.165) is 5.56 Å². The van der Waals surface area contributed by atoms with Gasteiger partial charge < -0.3 is 14.5 Å². The SMILES string of the molecule is Cc1ccc(-c2nc3cc(NC(=O)COc4ccc(C5CCCCC5)cc4)ccc3o2)cc1C. The van der Waals surface area contributed by atoms with Crippen LogP contribution in [0.4, 0.5) is 5.69 Å². The van der Waals surface area contributed by atoms with E-state index in [-0.39, 0.29) is 12.5 Å². The van der Waals surface area contributed by atoms with Gasteiger partial charge in [0.1, 0.15) is 11.3 Å². The molecule has 1 saturated carbocycles. The summed E-state index contributed by atoms with van der Waals surface area (Å²) in [5.41, 5.74) is 6.77. The monoisotopic (exact) mass is 454 g/mol. The van der Waals surface area contributed by atoms with Gasteiger partial charge >= 0.3 is 0 Å². The molecule has 0 atom stereocenters. The zero-order valence-electron chi connectivity index (χ0n) is 19.8. The fraction of sp³-hybridized carbons (Fsp3) is 0.310. The first kappa shape index (κ1) is 22.2. The Kier molecular flexibility index (Phi) is 6.35. The van der Waals surface area contributed by atoms with Crippen LogP contribution in [0.15, 0.2) is 65.1 Å². The third kappa shape index (κ3) is 4.98. The van der Waals surface area contributed by atoms with Gasteiger partial charge in [-0.2, -0.15) is 0 Å². The third-order valence-electron chi connectivity index (χ3n) is 6.75. The molecule has 5 rings (SSSR count). The molecule has 3 aromatic carbocycles. The Morgan fingerprint density at radius 3 is 2.53 bits per heavy atom. The lowest BCUT2D eigenvalue weighted by atomic mass is 9.84. The highest BCUT2D eigenvalue weighted by Crippen LogP contribution is 2.33. The summed E-state index contributed by atoms with van der Waals surface area (Å²) in [4.78, 5) is 17.1. The Hall–Kier alpha value is -3.60. The Morgan fingerprint density at radius 1 is 0.971 bits per heavy atom. The number of rotatable bonds is 6. The van der Waals surface area contributed by atoms with E-state index >= 15 is 0 Å². The van der Waals surface area contributed by atoms with Gasteiger partial charge in [-0.05, 0) is 91.8 Å². The maximum atomic E-state index is 12.5. The predicted octanol–water partition coefficient (Wildman–Crippen LogP) is 7.18. The number of anilines is 1. The first-order valence-electron chi connectivity index (χ1n) is 12.1. The van der Waals surface area contributed by atoms with E-state index in [1.165, 1.54) is 48.8 Å². The molecule has 1 aliphatic rings. The van der Waals surface area contributed by atoms with Crippen LogP contribution in [0.5, 0.6) is 5.75 Å². The summed E-state index contributed by atoms with van der Waals surface area (Å²) in [6.07, 6.45) is 6.52. The van der Waals surface area contributed by atoms with Crippen molar-refractivity contribution >= 4 is 22.7 Å². The standard InChI is InChI=1S/C29H30N2O3/c1-19-8-9-23(16-20(19)2)29-31-26-17-24(12-15-27(26)34-29)30-28(32)18-33-25-13-10-22(11-14-25)21-6-4-3-5-7-21/h8-17,21H,3-7,18H2,1-2H3,(H,30,32). The van der Waals surface area contributed by atoms with Crippen LogP contribution in [0.25, 0.3) is 22.6 Å². The zero-order valence-corrected chi connectivity index (χ0v) is 19.8. The smallest absolute Gasteiger partial charge is 0.262 e. The minimum absolute atomic E-state index is 0.0481. The maximum Gasteiger partial charge on any atom is 0.262 e. The number of amides is 1. The molecule has 34 heavy (non-hydrogen) atoms. The Morgan fingerprint density at radius 2 is 1.76 bits per heavy atom. The number of nitrogens with one attached hydrogen (secondary N) is 1. The van der Waals surface area contributed by atoms with Crippen LogP contribution in [-0.2, 0) is 4.79 Å². The molecule has 5 heteroatoms. The van der Waals surface area contributed by atoms with Crippen molar-refractivity contribution in [3.05, 3.63) is 77.4 Å². The van der Waals surface area contributed by atoms with Gasteiger partial charge in [0.15, 0.2) is 12.2 Å². The highest BCUT2D eigenvalue weighted by Gasteiger charge is 2.15. The van der Waals surface area contributed by atoms with E-state index in [2.05, 4.69) is 48.4 Å². The van der Waals surface area contributed by atoms with Crippen LogP contribution in [0.1, 0.15) is 54.7 Å². The quantitative estimate of drug-likeness (QED) is 0.335. The van der Waals surface area contributed by atoms with E-state index < -0.39 is 0 Å². The van der Waals surface area contributed by atoms with Gasteiger partial charge in [-0.15, -0.1) is 0 Å². The van der Waals surface area contributed by atoms with Gasteiger partial charge in [0.25, 0.3) is 5.91 Å². The van der Waals surface area contributed by atoms with E-state index in [9.17, 15) is 4.79 Å². The maximum absolute atomic E-state index is 12.5. The number of aromatic nitrogens is 1. The molecule has 0 bridgehead atoms. The van der Waals surface area contributed by atoms with Crippen LogP contribution < -0.4 is 10.1 Å². The van der Waals surface area contributed by atoms with Crippen LogP contribution in [0, 0.1) is 13.8 Å². The molecule has 1 heterocycles. The van der Waals surface area contributed by atoms with Crippen molar-refractivity contribution in [1.82, 2.24) is 4.98 Å². The number of hydrogen-bond acceptors (Lipinski definition) is 4. The number of hydrogen-bond donors (Lipinski definition) is 1. The number of benzene rings is 3. The molecule has 5 nitrogen and oxygen atoms in total. The minimum atomic E-state index is -0.214. The highest BCUT2D eigenvalue weighted by molar-refractivity contribution is 5.94. The summed E-state index contributed by atoms with van der Waals surface area (Å²) in [5.74, 6) is 1.72. The lowest BCUT2D eigenvalue weighted by molar-refractivity contribution is -0.118. The number of oxazole rings is 1. The van der Waals surface area contributed by atoms with Crippen LogP contribution in [0.3, 0.4) is 0 Å². The third-order valence-corrected chi connectivity index (χ3v) is 6.75. The van der Waals surface area contributed by atoms with Gasteiger partial charge in [0.05, 0.1) is 0 Å². The van der Waals surface area contributed by atoms with Crippen molar-refractivity contribution in [2.45, 2.75) is 51.9 Å². The topological polar surface area (TPSA) is 64.4 Å². The molecule has 174 valence electrons. The van der Waals surface area contributed by atoms with Crippen molar-refractivity contribution in [3.63, 3.8) is 0 Å². The van der Waals surface area contributed by atoms with Gasteiger partial charge in [-0.3, -0.25) is 4.79 Å². The summed E-state index contributed by atoms with van der Waals surface area (Å²) in [6, 6.07) is 19.8. The average Bonchev–Trinajstić information content (AvgIpc) is 3.29. The molecule has 1 aromatic heterocycles. The normalized spacial score (nSPS) is 14.3. The summed E-state index contributed by atoms with van der Waals surface area (Å²) in [6.45, 7) is 4.10. The number of ether oxygens (including phenoxy) is 1. The van der Waals surface area contributed by atoms with Crippen molar-refractivity contribution in [2.24, 2.45) is 0 Å². The molecule has 0 saturated heterocycles. The molecule has 0 aliphatic heterocycles. The molecular formula is C29H30N2O3. The number of carbonyl (C=O) groups is 1. The summed E-state index contributed by atoms with van der Waals surface area (Å²) >= 11 is 0. The molecule has 0 radical (unpaired) electrons. The van der Waals surface area contributed by atoms with E-state index in [1.54, 1.807) is 0 Å². The molecule has 0 spiro atoms. The van der Waals surface area contributed by atoms with E-state index in [1.807, 2.05) is 36.4 Å². The number of carbonyl (C=O) groups excluding carboxylic acids is 1. The molecule has 1 amide bonds. The number of aryl methyl sites for hydroxylation is 2. The minimum Gasteiger partial charge on any atom is -0.484 e. The number of nitrogens with zero attached hydrogens (tertiary/aromatic N) is 1.